The Balaban J connectivity index is 1.45. The van der Waals surface area contributed by atoms with Crippen LogP contribution in [0.1, 0.15) is 64.7 Å². The van der Waals surface area contributed by atoms with Gasteiger partial charge in [-0.05, 0) is 71.7 Å². The summed E-state index contributed by atoms with van der Waals surface area (Å²) in [5.41, 5.74) is -0.577. The fourth-order valence-electron chi connectivity index (χ4n) is 6.94. The molecule has 45 heavy (non-hydrogen) atoms. The van der Waals surface area contributed by atoms with Crippen LogP contribution in [-0.4, -0.2) is 125 Å². The zero-order valence-corrected chi connectivity index (χ0v) is 28.3. The third-order valence-electron chi connectivity index (χ3n) is 9.17. The Morgan fingerprint density at radius 3 is 2.60 bits per heavy atom. The molecular weight excluding hydrogens is 577 g/mol. The number of ether oxygens (including phenoxy) is 2. The monoisotopic (exact) mass is 629 g/mol. The SMILES string of the molecule is CCN(C(=O)c1cc(F)ccc1Oc1nncnc1N1CCC2(C1)CN(C(CC(C)(O)CN(C)CCOC)C(C)C)C2)C(C)C. The summed E-state index contributed by atoms with van der Waals surface area (Å²) in [7, 11) is 3.71. The quantitative estimate of drug-likeness (QED) is 0.312. The van der Waals surface area contributed by atoms with Crippen LogP contribution in [0.4, 0.5) is 10.2 Å². The lowest BCUT2D eigenvalue weighted by Gasteiger charge is -2.54. The number of hydrogen-bond acceptors (Lipinski definition) is 10. The molecule has 2 aliphatic heterocycles. The summed E-state index contributed by atoms with van der Waals surface area (Å²) in [6, 6.07) is 4.15. The van der Waals surface area contributed by atoms with Crippen molar-refractivity contribution < 1.29 is 23.8 Å². The number of anilines is 1. The summed E-state index contributed by atoms with van der Waals surface area (Å²) in [6.45, 7) is 18.1. The molecule has 2 atom stereocenters. The second kappa shape index (κ2) is 14.7. The van der Waals surface area contributed by atoms with Gasteiger partial charge in [-0.15, -0.1) is 10.2 Å². The van der Waals surface area contributed by atoms with E-state index >= 15 is 0 Å². The zero-order valence-electron chi connectivity index (χ0n) is 28.3. The normalized spacial score (nSPS) is 18.5. The molecule has 12 heteroatoms. The number of aliphatic hydroxyl groups is 1. The molecular formula is C33H52FN7O4. The number of halogens is 1. The number of likely N-dealkylation sites (N-methyl/N-ethyl adjacent to an activating group) is 1. The predicted octanol–water partition coefficient (Wildman–Crippen LogP) is 3.93. The Bertz CT molecular complexity index is 1290. The maximum atomic E-state index is 14.3. The molecule has 2 saturated heterocycles. The molecule has 0 saturated carbocycles. The van der Waals surface area contributed by atoms with E-state index in [1.54, 1.807) is 12.0 Å². The molecule has 1 spiro atoms. The summed E-state index contributed by atoms with van der Waals surface area (Å²) in [5.74, 6) is 0.532. The van der Waals surface area contributed by atoms with Crippen molar-refractivity contribution in [2.75, 3.05) is 71.5 Å². The molecule has 1 amide bonds. The highest BCUT2D eigenvalue weighted by Crippen LogP contribution is 2.45. The minimum atomic E-state index is -0.815. The van der Waals surface area contributed by atoms with Crippen molar-refractivity contribution in [3.8, 4) is 11.6 Å². The maximum absolute atomic E-state index is 14.3. The lowest BCUT2D eigenvalue weighted by atomic mass is 9.75. The molecule has 0 aliphatic carbocycles. The number of rotatable bonds is 15. The molecule has 0 radical (unpaired) electrons. The molecule has 2 aliphatic rings. The number of nitrogens with zero attached hydrogens (tertiary/aromatic N) is 7. The fraction of sp³-hybridized carbons (Fsp3) is 0.697. The van der Waals surface area contributed by atoms with Crippen molar-refractivity contribution in [2.24, 2.45) is 11.3 Å². The second-order valence-electron chi connectivity index (χ2n) is 13.8. The van der Waals surface area contributed by atoms with Gasteiger partial charge in [0.15, 0.2) is 5.82 Å². The number of carbonyl (C=O) groups is 1. The van der Waals surface area contributed by atoms with E-state index in [0.717, 1.165) is 39.1 Å². The third-order valence-corrected chi connectivity index (χ3v) is 9.17. The Morgan fingerprint density at radius 2 is 1.96 bits per heavy atom. The first-order chi connectivity index (χ1) is 21.3. The molecule has 3 heterocycles. The van der Waals surface area contributed by atoms with Gasteiger partial charge >= 0.3 is 0 Å². The molecule has 2 unspecified atom stereocenters. The van der Waals surface area contributed by atoms with Gasteiger partial charge in [0.05, 0.1) is 17.8 Å². The molecule has 2 aromatic rings. The maximum Gasteiger partial charge on any atom is 0.282 e. The van der Waals surface area contributed by atoms with Crippen molar-refractivity contribution >= 4 is 11.7 Å². The summed E-state index contributed by atoms with van der Waals surface area (Å²) < 4.78 is 25.7. The summed E-state index contributed by atoms with van der Waals surface area (Å²) in [4.78, 5) is 26.4. The number of hydrogen-bond donors (Lipinski definition) is 1. The zero-order chi connectivity index (χ0) is 32.9. The van der Waals surface area contributed by atoms with E-state index in [2.05, 4.69) is 43.7 Å². The number of methoxy groups -OCH3 is 1. The smallest absolute Gasteiger partial charge is 0.282 e. The van der Waals surface area contributed by atoms with Crippen LogP contribution in [0.2, 0.25) is 0 Å². The van der Waals surface area contributed by atoms with Crippen LogP contribution < -0.4 is 9.64 Å². The van der Waals surface area contributed by atoms with Gasteiger partial charge < -0.3 is 29.3 Å². The first-order valence-electron chi connectivity index (χ1n) is 16.1. The Kier molecular flexibility index (Phi) is 11.4. The van der Waals surface area contributed by atoms with Crippen molar-refractivity contribution in [3.63, 3.8) is 0 Å². The molecule has 0 bridgehead atoms. The highest BCUT2D eigenvalue weighted by atomic mass is 19.1. The van der Waals surface area contributed by atoms with Crippen LogP contribution in [0.3, 0.4) is 0 Å². The van der Waals surface area contributed by atoms with Gasteiger partial charge in [-0.25, -0.2) is 9.37 Å². The van der Waals surface area contributed by atoms with E-state index in [-0.39, 0.29) is 40.6 Å². The average molecular weight is 630 g/mol. The largest absolute Gasteiger partial charge is 0.434 e. The molecule has 4 rings (SSSR count). The minimum Gasteiger partial charge on any atom is -0.434 e. The highest BCUT2D eigenvalue weighted by molar-refractivity contribution is 5.97. The molecule has 1 aromatic carbocycles. The lowest BCUT2D eigenvalue weighted by Crippen LogP contribution is -2.63. The van der Waals surface area contributed by atoms with Crippen molar-refractivity contribution in [1.29, 1.82) is 0 Å². The van der Waals surface area contributed by atoms with Crippen LogP contribution in [0, 0.1) is 17.2 Å². The lowest BCUT2D eigenvalue weighted by molar-refractivity contribution is -0.0713. The Morgan fingerprint density at radius 1 is 1.22 bits per heavy atom. The van der Waals surface area contributed by atoms with E-state index in [1.165, 1.54) is 24.5 Å². The summed E-state index contributed by atoms with van der Waals surface area (Å²) in [6.07, 6.45) is 3.09. The van der Waals surface area contributed by atoms with Crippen LogP contribution in [0.25, 0.3) is 0 Å². The second-order valence-corrected chi connectivity index (χ2v) is 13.8. The number of aromatic nitrogens is 3. The van der Waals surface area contributed by atoms with Gasteiger partial charge in [0, 0.05) is 70.4 Å². The van der Waals surface area contributed by atoms with Crippen LogP contribution >= 0.6 is 0 Å². The average Bonchev–Trinajstić information content (AvgIpc) is 3.41. The van der Waals surface area contributed by atoms with Crippen molar-refractivity contribution in [3.05, 3.63) is 35.9 Å². The van der Waals surface area contributed by atoms with Crippen molar-refractivity contribution in [1.82, 2.24) is 29.9 Å². The van der Waals surface area contributed by atoms with Crippen LogP contribution in [-0.2, 0) is 4.74 Å². The first-order valence-corrected chi connectivity index (χ1v) is 16.1. The van der Waals surface area contributed by atoms with Gasteiger partial charge in [0.2, 0.25) is 0 Å². The van der Waals surface area contributed by atoms with Crippen LogP contribution in [0.5, 0.6) is 11.6 Å². The molecule has 2 fully saturated rings. The Hall–Kier alpha value is -2.93. The molecule has 1 aromatic heterocycles. The van der Waals surface area contributed by atoms with E-state index in [1.807, 2.05) is 34.7 Å². The molecule has 250 valence electrons. The number of amides is 1. The van der Waals surface area contributed by atoms with E-state index in [4.69, 9.17) is 9.47 Å². The van der Waals surface area contributed by atoms with Gasteiger partial charge in [0.1, 0.15) is 17.9 Å². The molecule has 1 N–H and O–H groups in total. The molecule has 11 nitrogen and oxygen atoms in total. The van der Waals surface area contributed by atoms with E-state index in [9.17, 15) is 14.3 Å². The predicted molar refractivity (Wildman–Crippen MR) is 172 cm³/mol. The van der Waals surface area contributed by atoms with Gasteiger partial charge in [-0.1, -0.05) is 13.8 Å². The minimum absolute atomic E-state index is 0.0566. The first kappa shape index (κ1) is 34.9. The third kappa shape index (κ3) is 8.46. The standard InChI is InChI=1S/C33H52FN7O4/c1-9-41(24(4)5)31(42)26-16-25(34)10-11-28(26)45-30-29(35-22-36-37-30)39-13-12-33(19-39)20-40(21-33)27(23(2)3)17-32(6,43)18-38(7)14-15-44-8/h10-11,16,22-24,27,43H,9,12-15,17-21H2,1-8H3. The van der Waals surface area contributed by atoms with E-state index in [0.29, 0.717) is 37.9 Å². The number of likely N-dealkylation sites (tertiary alicyclic amines) is 1. The number of carbonyl (C=O) groups excluding carboxylic acids is 1. The number of benzene rings is 1. The van der Waals surface area contributed by atoms with E-state index < -0.39 is 11.4 Å². The van der Waals surface area contributed by atoms with Crippen LogP contribution in [0.15, 0.2) is 24.5 Å². The van der Waals surface area contributed by atoms with Gasteiger partial charge in [0.25, 0.3) is 11.8 Å². The Labute approximate surface area is 267 Å². The van der Waals surface area contributed by atoms with Crippen molar-refractivity contribution in [2.45, 2.75) is 72.1 Å². The topological polar surface area (TPSA) is 107 Å². The highest BCUT2D eigenvalue weighted by Gasteiger charge is 2.51. The van der Waals surface area contributed by atoms with Gasteiger partial charge in [-0.2, -0.15) is 0 Å². The summed E-state index contributed by atoms with van der Waals surface area (Å²) >= 11 is 0. The van der Waals surface area contributed by atoms with Gasteiger partial charge in [-0.3, -0.25) is 9.69 Å². The summed E-state index contributed by atoms with van der Waals surface area (Å²) in [5, 5.41) is 19.5. The fourth-order valence-corrected chi connectivity index (χ4v) is 6.94.